The molecule has 2 bridgehead atoms. The fraction of sp³-hybridized carbons (Fsp3) is 1.00. The van der Waals surface area contributed by atoms with Crippen molar-refractivity contribution in [1.29, 1.82) is 0 Å². The van der Waals surface area contributed by atoms with Gasteiger partial charge in [0.1, 0.15) is 9.85 Å². The molecule has 0 aliphatic heterocycles. The van der Waals surface area contributed by atoms with Gasteiger partial charge < -0.3 is 4.74 Å². The Labute approximate surface area is 96.2 Å². The van der Waals surface area contributed by atoms with Crippen LogP contribution in [-0.4, -0.2) is 28.5 Å². The Bertz CT molecular complexity index is 336. The van der Waals surface area contributed by atoms with E-state index < -0.39 is 22.4 Å². The average molecular weight is 248 g/mol. The molecule has 2 rings (SSSR count). The molecule has 0 radical (unpaired) electrons. The average Bonchev–Trinajstić information content (AvgIpc) is 2.86. The van der Waals surface area contributed by atoms with Crippen molar-refractivity contribution >= 4 is 0 Å². The van der Waals surface area contributed by atoms with Crippen LogP contribution >= 0.6 is 0 Å². The molecule has 8 heteroatoms. The van der Waals surface area contributed by atoms with Gasteiger partial charge in [0.15, 0.2) is 0 Å². The Balaban J connectivity index is 1.92. The topological polar surface area (TPSA) is 95.5 Å². The van der Waals surface area contributed by atoms with E-state index in [9.17, 15) is 24.6 Å². The number of fused-ring (bicyclic) bond motifs is 2. The second kappa shape index (κ2) is 4.17. The lowest BCUT2D eigenvalue weighted by Gasteiger charge is -2.22. The Kier molecular flexibility index (Phi) is 2.98. The minimum Gasteiger partial charge on any atom is -0.360 e. The maximum absolute atomic E-state index is 13.4. The molecular weight excluding hydrogens is 235 g/mol. The minimum atomic E-state index is -3.72. The van der Waals surface area contributed by atoms with Gasteiger partial charge in [-0.2, -0.15) is 0 Å². The highest BCUT2D eigenvalue weighted by molar-refractivity contribution is 4.90. The predicted molar refractivity (Wildman–Crippen MR) is 53.0 cm³/mol. The third-order valence-electron chi connectivity index (χ3n) is 3.71. The minimum absolute atomic E-state index is 0.260. The molecule has 0 aromatic carbocycles. The first-order chi connectivity index (χ1) is 7.93. The van der Waals surface area contributed by atoms with Crippen LogP contribution in [0, 0.1) is 32.1 Å². The molecular formula is C9H13FN2O5. The van der Waals surface area contributed by atoms with E-state index in [2.05, 4.69) is 0 Å². The number of rotatable bonds is 5. The zero-order valence-electron chi connectivity index (χ0n) is 9.08. The Morgan fingerprint density at radius 3 is 2.29 bits per heavy atom. The number of hydrogen-bond acceptors (Lipinski definition) is 5. The van der Waals surface area contributed by atoms with Crippen LogP contribution in [-0.2, 0) is 4.74 Å². The molecule has 2 fully saturated rings. The van der Waals surface area contributed by atoms with E-state index in [0.717, 1.165) is 25.7 Å². The number of alkyl halides is 1. The summed E-state index contributed by atoms with van der Waals surface area (Å²) in [5.41, 5.74) is 0. The molecule has 0 N–H and O–H groups in total. The van der Waals surface area contributed by atoms with E-state index in [-0.39, 0.29) is 12.0 Å². The number of nitrogens with zero attached hydrogens (tertiary/aromatic N) is 2. The van der Waals surface area contributed by atoms with Crippen LogP contribution in [0.5, 0.6) is 0 Å². The molecule has 7 nitrogen and oxygen atoms in total. The molecule has 0 spiro atoms. The maximum Gasteiger partial charge on any atom is 0.637 e. The van der Waals surface area contributed by atoms with Crippen LogP contribution in [0.2, 0.25) is 0 Å². The molecule has 2 aliphatic carbocycles. The first-order valence-electron chi connectivity index (χ1n) is 5.53. The summed E-state index contributed by atoms with van der Waals surface area (Å²) in [4.78, 5) is 17.6. The van der Waals surface area contributed by atoms with E-state index >= 15 is 0 Å². The summed E-state index contributed by atoms with van der Waals surface area (Å²) < 4.78 is 18.5. The summed E-state index contributed by atoms with van der Waals surface area (Å²) in [5.74, 6) is -2.91. The summed E-state index contributed by atoms with van der Waals surface area (Å²) in [6.07, 6.45) is 3.53. The number of nitro groups is 2. The van der Waals surface area contributed by atoms with Gasteiger partial charge in [-0.05, 0) is 37.5 Å². The van der Waals surface area contributed by atoms with Crippen LogP contribution in [0.3, 0.4) is 0 Å². The summed E-state index contributed by atoms with van der Waals surface area (Å²) in [6, 6.07) is 0. The van der Waals surface area contributed by atoms with Gasteiger partial charge in [-0.15, -0.1) is 0 Å². The van der Waals surface area contributed by atoms with Gasteiger partial charge in [0.05, 0.1) is 6.10 Å². The van der Waals surface area contributed by atoms with Gasteiger partial charge in [0, 0.05) is 0 Å². The van der Waals surface area contributed by atoms with E-state index in [0.29, 0.717) is 5.92 Å². The number of halogens is 1. The first kappa shape index (κ1) is 12.2. The maximum atomic E-state index is 13.4. The highest BCUT2D eigenvalue weighted by Gasteiger charge is 2.59. The molecule has 0 saturated heterocycles. The standard InChI is InChI=1S/C9H13FN2O5/c10-9(11(13)14,12(15)16)5-17-8-4-6-1-2-7(8)3-6/h6-8H,1-5H2. The van der Waals surface area contributed by atoms with E-state index in [1.165, 1.54) is 0 Å². The van der Waals surface area contributed by atoms with Crippen LogP contribution < -0.4 is 0 Å². The molecule has 3 unspecified atom stereocenters. The molecule has 96 valence electrons. The van der Waals surface area contributed by atoms with Crippen LogP contribution in [0.4, 0.5) is 4.39 Å². The molecule has 17 heavy (non-hydrogen) atoms. The van der Waals surface area contributed by atoms with Gasteiger partial charge in [-0.1, -0.05) is 4.39 Å². The van der Waals surface area contributed by atoms with Gasteiger partial charge in [-0.3, -0.25) is 20.2 Å². The van der Waals surface area contributed by atoms with Gasteiger partial charge in [-0.25, -0.2) is 0 Å². The summed E-state index contributed by atoms with van der Waals surface area (Å²) in [7, 11) is 0. The van der Waals surface area contributed by atoms with Crippen molar-refractivity contribution in [3.05, 3.63) is 20.2 Å². The van der Waals surface area contributed by atoms with Gasteiger partial charge in [0.2, 0.25) is 6.61 Å². The normalized spacial score (nSPS) is 31.7. The number of ether oxygens (including phenoxy) is 1. The van der Waals surface area contributed by atoms with Crippen molar-refractivity contribution in [1.82, 2.24) is 0 Å². The molecule has 0 aromatic heterocycles. The lowest BCUT2D eigenvalue weighted by atomic mass is 9.98. The monoisotopic (exact) mass is 248 g/mol. The lowest BCUT2D eigenvalue weighted by Crippen LogP contribution is -2.47. The lowest BCUT2D eigenvalue weighted by molar-refractivity contribution is -0.833. The molecule has 2 aliphatic rings. The Morgan fingerprint density at radius 1 is 1.24 bits per heavy atom. The molecule has 0 amide bonds. The quantitative estimate of drug-likeness (QED) is 0.317. The highest BCUT2D eigenvalue weighted by atomic mass is 19.2. The Hall–Kier alpha value is -1.31. The van der Waals surface area contributed by atoms with Crippen LogP contribution in [0.1, 0.15) is 25.7 Å². The largest absolute Gasteiger partial charge is 0.637 e. The van der Waals surface area contributed by atoms with E-state index in [1.54, 1.807) is 0 Å². The fourth-order valence-corrected chi connectivity index (χ4v) is 2.78. The van der Waals surface area contributed by atoms with Crippen molar-refractivity contribution in [3.8, 4) is 0 Å². The summed E-state index contributed by atoms with van der Waals surface area (Å²) in [6.45, 7) is -1.11. The number of hydrogen-bond donors (Lipinski definition) is 0. The zero-order chi connectivity index (χ0) is 12.6. The smallest absolute Gasteiger partial charge is 0.360 e. The van der Waals surface area contributed by atoms with Crippen molar-refractivity contribution in [3.63, 3.8) is 0 Å². The molecule has 2 saturated carbocycles. The predicted octanol–water partition coefficient (Wildman–Crippen LogP) is 1.37. The van der Waals surface area contributed by atoms with Crippen molar-refractivity contribution in [2.75, 3.05) is 6.61 Å². The first-order valence-corrected chi connectivity index (χ1v) is 5.53. The van der Waals surface area contributed by atoms with Crippen LogP contribution in [0.25, 0.3) is 0 Å². The van der Waals surface area contributed by atoms with Gasteiger partial charge >= 0.3 is 5.92 Å². The fourth-order valence-electron chi connectivity index (χ4n) is 2.78. The molecule has 0 aromatic rings. The van der Waals surface area contributed by atoms with E-state index in [4.69, 9.17) is 4.74 Å². The third kappa shape index (κ3) is 2.08. The summed E-state index contributed by atoms with van der Waals surface area (Å²) in [5, 5.41) is 20.7. The Morgan fingerprint density at radius 2 is 1.88 bits per heavy atom. The molecule has 3 atom stereocenters. The third-order valence-corrected chi connectivity index (χ3v) is 3.71. The SMILES string of the molecule is O=[N+]([O-])C(F)(COC1CC2CCC1C2)[N+](=O)[O-]. The second-order valence-electron chi connectivity index (χ2n) is 4.76. The summed E-state index contributed by atoms with van der Waals surface area (Å²) >= 11 is 0. The van der Waals surface area contributed by atoms with E-state index in [1.807, 2.05) is 0 Å². The molecule has 0 heterocycles. The van der Waals surface area contributed by atoms with Crippen molar-refractivity contribution in [2.45, 2.75) is 37.7 Å². The van der Waals surface area contributed by atoms with Crippen molar-refractivity contribution < 1.29 is 19.0 Å². The van der Waals surface area contributed by atoms with Crippen LogP contribution in [0.15, 0.2) is 0 Å². The van der Waals surface area contributed by atoms with Gasteiger partial charge in [0.25, 0.3) is 0 Å². The highest BCUT2D eigenvalue weighted by Crippen LogP contribution is 2.46. The van der Waals surface area contributed by atoms with Crippen molar-refractivity contribution in [2.24, 2.45) is 11.8 Å². The second-order valence-corrected chi connectivity index (χ2v) is 4.76. The zero-order valence-corrected chi connectivity index (χ0v) is 9.08.